The molecule has 0 aliphatic heterocycles. The van der Waals surface area contributed by atoms with Crippen molar-refractivity contribution in [2.75, 3.05) is 34.4 Å². The molecule has 6 nitrogen and oxygen atoms in total. The zero-order valence-electron chi connectivity index (χ0n) is 17.6. The first-order valence-electron chi connectivity index (χ1n) is 9.37. The molecule has 0 heterocycles. The molecule has 0 saturated carbocycles. The van der Waals surface area contributed by atoms with E-state index in [0.717, 1.165) is 37.0 Å². The Morgan fingerprint density at radius 2 is 1.70 bits per heavy atom. The summed E-state index contributed by atoms with van der Waals surface area (Å²) in [6.07, 6.45) is 3.63. The highest BCUT2D eigenvalue weighted by Gasteiger charge is 2.15. The van der Waals surface area contributed by atoms with Gasteiger partial charge < -0.3 is 24.8 Å². The van der Waals surface area contributed by atoms with Gasteiger partial charge in [-0.1, -0.05) is 26.7 Å². The van der Waals surface area contributed by atoms with Crippen LogP contribution in [0.3, 0.4) is 0 Å². The molecule has 1 aromatic rings. The number of hydrogen-bond acceptors (Lipinski definition) is 4. The molecule has 0 saturated heterocycles. The first-order chi connectivity index (χ1) is 12.6. The maximum absolute atomic E-state index is 5.52. The van der Waals surface area contributed by atoms with Crippen LogP contribution < -0.4 is 24.8 Å². The molecule has 0 aliphatic rings. The van der Waals surface area contributed by atoms with Crippen molar-refractivity contribution in [1.82, 2.24) is 10.6 Å². The normalized spacial score (nSPS) is 11.0. The largest absolute Gasteiger partial charge is 0.493 e. The van der Waals surface area contributed by atoms with E-state index in [-0.39, 0.29) is 24.0 Å². The van der Waals surface area contributed by atoms with Crippen LogP contribution in [0.5, 0.6) is 17.2 Å². The number of halogens is 1. The van der Waals surface area contributed by atoms with Crippen molar-refractivity contribution in [3.63, 3.8) is 0 Å². The average Bonchev–Trinajstić information content (AvgIpc) is 2.64. The summed E-state index contributed by atoms with van der Waals surface area (Å²) in [6, 6.07) is 3.83. The van der Waals surface area contributed by atoms with Crippen molar-refractivity contribution in [3.05, 3.63) is 17.7 Å². The standard InChI is InChI=1S/C20H35N3O3.HI/c1-7-21-20(22-13-9-8-10-15(2)3)23-14-16-11-12-17(24-4)19(26-6)18(16)25-5;/h11-12,15H,7-10,13-14H2,1-6H3,(H2,21,22,23);1H. The summed E-state index contributed by atoms with van der Waals surface area (Å²) in [5.74, 6) is 3.47. The SMILES string of the molecule is CCNC(=NCc1ccc(OC)c(OC)c1OC)NCCCCC(C)C.I. The third-order valence-corrected chi connectivity index (χ3v) is 4.04. The third kappa shape index (κ3) is 8.90. The lowest BCUT2D eigenvalue weighted by Gasteiger charge is -2.16. The van der Waals surface area contributed by atoms with E-state index in [1.807, 2.05) is 12.1 Å². The molecule has 1 rings (SSSR count). The Kier molecular flexibility index (Phi) is 13.9. The molecule has 0 radical (unpaired) electrons. The average molecular weight is 493 g/mol. The number of ether oxygens (including phenoxy) is 3. The lowest BCUT2D eigenvalue weighted by molar-refractivity contribution is 0.322. The summed E-state index contributed by atoms with van der Waals surface area (Å²) in [5, 5.41) is 6.68. The molecule has 2 N–H and O–H groups in total. The monoisotopic (exact) mass is 493 g/mol. The van der Waals surface area contributed by atoms with Crippen molar-refractivity contribution in [2.45, 2.75) is 46.6 Å². The van der Waals surface area contributed by atoms with Crippen molar-refractivity contribution in [2.24, 2.45) is 10.9 Å². The van der Waals surface area contributed by atoms with Crippen LogP contribution in [0.1, 0.15) is 45.6 Å². The van der Waals surface area contributed by atoms with E-state index in [1.165, 1.54) is 12.8 Å². The maximum Gasteiger partial charge on any atom is 0.203 e. The van der Waals surface area contributed by atoms with E-state index < -0.39 is 0 Å². The Morgan fingerprint density at radius 1 is 1.00 bits per heavy atom. The van der Waals surface area contributed by atoms with Gasteiger partial charge in [0.25, 0.3) is 0 Å². The molecule has 156 valence electrons. The minimum absolute atomic E-state index is 0. The van der Waals surface area contributed by atoms with Gasteiger partial charge in [0.1, 0.15) is 0 Å². The predicted octanol–water partition coefficient (Wildman–Crippen LogP) is 4.21. The van der Waals surface area contributed by atoms with Crippen LogP contribution >= 0.6 is 24.0 Å². The molecule has 0 bridgehead atoms. The summed E-state index contributed by atoms with van der Waals surface area (Å²) < 4.78 is 16.3. The van der Waals surface area contributed by atoms with Gasteiger partial charge in [-0.15, -0.1) is 24.0 Å². The van der Waals surface area contributed by atoms with Gasteiger partial charge in [-0.2, -0.15) is 0 Å². The minimum Gasteiger partial charge on any atom is -0.493 e. The quantitative estimate of drug-likeness (QED) is 0.209. The number of nitrogens with one attached hydrogen (secondary N) is 2. The topological polar surface area (TPSA) is 64.1 Å². The van der Waals surface area contributed by atoms with Crippen molar-refractivity contribution in [1.29, 1.82) is 0 Å². The number of nitrogens with zero attached hydrogens (tertiary/aromatic N) is 1. The van der Waals surface area contributed by atoms with Crippen LogP contribution in [0, 0.1) is 5.92 Å². The number of aliphatic imine (C=N–C) groups is 1. The molecular formula is C20H36IN3O3. The Labute approximate surface area is 181 Å². The zero-order valence-corrected chi connectivity index (χ0v) is 19.9. The lowest BCUT2D eigenvalue weighted by Crippen LogP contribution is -2.37. The van der Waals surface area contributed by atoms with Crippen LogP contribution in [0.25, 0.3) is 0 Å². The first kappa shape index (κ1) is 25.6. The molecule has 0 spiro atoms. The van der Waals surface area contributed by atoms with Gasteiger partial charge >= 0.3 is 0 Å². The van der Waals surface area contributed by atoms with Crippen LogP contribution in [0.15, 0.2) is 17.1 Å². The number of rotatable bonds is 11. The van der Waals surface area contributed by atoms with Crippen molar-refractivity contribution < 1.29 is 14.2 Å². The first-order valence-corrected chi connectivity index (χ1v) is 9.37. The van der Waals surface area contributed by atoms with Gasteiger partial charge in [0, 0.05) is 18.7 Å². The fourth-order valence-electron chi connectivity index (χ4n) is 2.68. The highest BCUT2D eigenvalue weighted by Crippen LogP contribution is 2.39. The zero-order chi connectivity index (χ0) is 19.4. The Hall–Kier alpha value is -1.38. The molecule has 0 atom stereocenters. The van der Waals surface area contributed by atoms with Gasteiger partial charge in [-0.25, -0.2) is 4.99 Å². The van der Waals surface area contributed by atoms with E-state index in [9.17, 15) is 0 Å². The van der Waals surface area contributed by atoms with Crippen LogP contribution in [0.2, 0.25) is 0 Å². The van der Waals surface area contributed by atoms with E-state index in [0.29, 0.717) is 23.8 Å². The number of benzene rings is 1. The van der Waals surface area contributed by atoms with Gasteiger partial charge in [0.2, 0.25) is 5.75 Å². The van der Waals surface area contributed by atoms with Gasteiger partial charge in [0.05, 0.1) is 27.9 Å². The summed E-state index contributed by atoms with van der Waals surface area (Å²) in [5.41, 5.74) is 0.946. The fourth-order valence-corrected chi connectivity index (χ4v) is 2.68. The van der Waals surface area contributed by atoms with E-state index in [1.54, 1.807) is 21.3 Å². The number of methoxy groups -OCH3 is 3. The van der Waals surface area contributed by atoms with Crippen molar-refractivity contribution in [3.8, 4) is 17.2 Å². The molecule has 0 aliphatic carbocycles. The molecule has 0 fully saturated rings. The second-order valence-corrected chi connectivity index (χ2v) is 6.51. The summed E-state index contributed by atoms with van der Waals surface area (Å²) in [4.78, 5) is 4.67. The highest BCUT2D eigenvalue weighted by molar-refractivity contribution is 14.0. The summed E-state index contributed by atoms with van der Waals surface area (Å²) in [7, 11) is 4.85. The van der Waals surface area contributed by atoms with Gasteiger partial charge in [-0.3, -0.25) is 0 Å². The third-order valence-electron chi connectivity index (χ3n) is 4.04. The number of unbranched alkanes of at least 4 members (excludes halogenated alkanes) is 1. The maximum atomic E-state index is 5.52. The molecule has 1 aromatic carbocycles. The highest BCUT2D eigenvalue weighted by atomic mass is 127. The summed E-state index contributed by atoms with van der Waals surface area (Å²) >= 11 is 0. The molecule has 0 unspecified atom stereocenters. The molecule has 27 heavy (non-hydrogen) atoms. The second kappa shape index (κ2) is 14.6. The number of hydrogen-bond donors (Lipinski definition) is 2. The lowest BCUT2D eigenvalue weighted by atomic mass is 10.1. The molecule has 0 aromatic heterocycles. The van der Waals surface area contributed by atoms with Gasteiger partial charge in [-0.05, 0) is 31.4 Å². The predicted molar refractivity (Wildman–Crippen MR) is 123 cm³/mol. The van der Waals surface area contributed by atoms with E-state index in [2.05, 4.69) is 36.4 Å². The van der Waals surface area contributed by atoms with E-state index >= 15 is 0 Å². The molecular weight excluding hydrogens is 457 g/mol. The van der Waals surface area contributed by atoms with Crippen LogP contribution in [0.4, 0.5) is 0 Å². The Balaban J connectivity index is 0.00000676. The summed E-state index contributed by atoms with van der Waals surface area (Å²) in [6.45, 7) is 8.81. The fraction of sp³-hybridized carbons (Fsp3) is 0.650. The van der Waals surface area contributed by atoms with Gasteiger partial charge in [0.15, 0.2) is 17.5 Å². The van der Waals surface area contributed by atoms with Crippen LogP contribution in [-0.2, 0) is 6.54 Å². The second-order valence-electron chi connectivity index (χ2n) is 6.51. The molecule has 7 heteroatoms. The Bertz CT molecular complexity index is 566. The molecule has 0 amide bonds. The minimum atomic E-state index is 0. The van der Waals surface area contributed by atoms with E-state index in [4.69, 9.17) is 14.2 Å². The Morgan fingerprint density at radius 3 is 2.26 bits per heavy atom. The number of guanidine groups is 1. The van der Waals surface area contributed by atoms with Crippen molar-refractivity contribution >= 4 is 29.9 Å². The van der Waals surface area contributed by atoms with Crippen LogP contribution in [-0.4, -0.2) is 40.4 Å². The smallest absolute Gasteiger partial charge is 0.203 e.